The molecule has 0 spiro atoms. The Hall–Kier alpha value is -6.64. The topological polar surface area (TPSA) is 16.4 Å². The van der Waals surface area contributed by atoms with Crippen molar-refractivity contribution in [2.75, 3.05) is 4.90 Å². The number of para-hydroxylation sites is 1. The molecule has 2 nitrogen and oxygen atoms in total. The zero-order valence-electron chi connectivity index (χ0n) is 27.3. The molecule has 0 saturated carbocycles. The maximum Gasteiger partial charge on any atom is 0.137 e. The first kappa shape index (κ1) is 28.4. The van der Waals surface area contributed by atoms with Crippen molar-refractivity contribution in [1.82, 2.24) is 0 Å². The molecule has 10 rings (SSSR count). The first-order valence-corrected chi connectivity index (χ1v) is 17.1. The number of benzene rings is 9. The van der Waals surface area contributed by atoms with Crippen LogP contribution < -0.4 is 4.90 Å². The Morgan fingerprint density at radius 1 is 0.340 bits per heavy atom. The summed E-state index contributed by atoms with van der Waals surface area (Å²) in [6.45, 7) is 0. The molecule has 0 unspecified atom stereocenters. The number of nitrogens with zero attached hydrogens (tertiary/aromatic N) is 1. The van der Waals surface area contributed by atoms with Gasteiger partial charge in [-0.15, -0.1) is 0 Å². The van der Waals surface area contributed by atoms with E-state index in [0.717, 1.165) is 39.0 Å². The van der Waals surface area contributed by atoms with Crippen LogP contribution in [0.4, 0.5) is 17.1 Å². The Bertz CT molecular complexity index is 2870. The molecule has 0 radical (unpaired) electrons. The Morgan fingerprint density at radius 2 is 0.920 bits per heavy atom. The summed E-state index contributed by atoms with van der Waals surface area (Å²) in [5.41, 5.74) is 9.74. The van der Waals surface area contributed by atoms with Crippen LogP contribution in [0.15, 0.2) is 192 Å². The monoisotopic (exact) mass is 637 g/mol. The summed E-state index contributed by atoms with van der Waals surface area (Å²) in [6.07, 6.45) is 0. The van der Waals surface area contributed by atoms with Gasteiger partial charge in [-0.3, -0.25) is 0 Å². The minimum Gasteiger partial charge on any atom is -0.456 e. The Balaban J connectivity index is 1.28. The number of hydrogen-bond donors (Lipinski definition) is 0. The molecule has 0 aliphatic rings. The third-order valence-corrected chi connectivity index (χ3v) is 10.0. The third-order valence-electron chi connectivity index (χ3n) is 10.0. The van der Waals surface area contributed by atoms with Crippen LogP contribution in [-0.4, -0.2) is 0 Å². The van der Waals surface area contributed by atoms with Crippen molar-refractivity contribution in [3.8, 4) is 22.3 Å². The highest BCUT2D eigenvalue weighted by atomic mass is 16.3. The first-order chi connectivity index (χ1) is 24.8. The summed E-state index contributed by atoms with van der Waals surface area (Å²) in [5.74, 6) is 0. The highest BCUT2D eigenvalue weighted by Crippen LogP contribution is 2.46. The Kier molecular flexibility index (Phi) is 6.53. The quantitative estimate of drug-likeness (QED) is 0.175. The molecule has 0 aliphatic heterocycles. The van der Waals surface area contributed by atoms with E-state index >= 15 is 0 Å². The second kappa shape index (κ2) is 11.5. The molecule has 1 heterocycles. The van der Waals surface area contributed by atoms with Gasteiger partial charge in [0.25, 0.3) is 0 Å². The van der Waals surface area contributed by atoms with Crippen molar-refractivity contribution >= 4 is 71.3 Å². The van der Waals surface area contributed by atoms with Crippen LogP contribution in [-0.2, 0) is 0 Å². The molecule has 0 saturated heterocycles. The van der Waals surface area contributed by atoms with Crippen LogP contribution in [0.1, 0.15) is 0 Å². The van der Waals surface area contributed by atoms with E-state index in [1.165, 1.54) is 54.6 Å². The SMILES string of the molecule is c1ccc(-c2ccc(N(c3ccc4c(c3)oc3ccccc34)c3cc4ccc5ccccc5c4c4ccccc34)cc2-c2ccccc2)cc1. The van der Waals surface area contributed by atoms with Gasteiger partial charge in [-0.1, -0.05) is 146 Å². The highest BCUT2D eigenvalue weighted by Gasteiger charge is 2.21. The zero-order valence-corrected chi connectivity index (χ0v) is 27.3. The molecule has 0 bridgehead atoms. The summed E-state index contributed by atoms with van der Waals surface area (Å²) in [5, 5.41) is 9.66. The van der Waals surface area contributed by atoms with Crippen LogP contribution in [0.25, 0.3) is 76.5 Å². The summed E-state index contributed by atoms with van der Waals surface area (Å²) in [4.78, 5) is 2.41. The molecule has 0 fully saturated rings. The van der Waals surface area contributed by atoms with Crippen LogP contribution in [0.5, 0.6) is 0 Å². The van der Waals surface area contributed by atoms with Crippen LogP contribution in [0.3, 0.4) is 0 Å². The number of hydrogen-bond acceptors (Lipinski definition) is 2. The summed E-state index contributed by atoms with van der Waals surface area (Å²) >= 11 is 0. The van der Waals surface area contributed by atoms with Crippen molar-refractivity contribution in [3.63, 3.8) is 0 Å². The van der Waals surface area contributed by atoms with Gasteiger partial charge in [-0.2, -0.15) is 0 Å². The average Bonchev–Trinajstić information content (AvgIpc) is 3.56. The molecule has 50 heavy (non-hydrogen) atoms. The van der Waals surface area contributed by atoms with Gasteiger partial charge >= 0.3 is 0 Å². The molecule has 0 N–H and O–H groups in total. The van der Waals surface area contributed by atoms with E-state index in [9.17, 15) is 0 Å². The van der Waals surface area contributed by atoms with E-state index in [2.05, 4.69) is 181 Å². The molecular weight excluding hydrogens is 607 g/mol. The lowest BCUT2D eigenvalue weighted by Crippen LogP contribution is -2.11. The fourth-order valence-electron chi connectivity index (χ4n) is 7.72. The fourth-order valence-corrected chi connectivity index (χ4v) is 7.72. The van der Waals surface area contributed by atoms with E-state index in [1.54, 1.807) is 0 Å². The molecule has 10 aromatic rings. The summed E-state index contributed by atoms with van der Waals surface area (Å²) < 4.78 is 6.46. The second-order valence-corrected chi connectivity index (χ2v) is 12.9. The largest absolute Gasteiger partial charge is 0.456 e. The Morgan fingerprint density at radius 3 is 1.72 bits per heavy atom. The number of furan rings is 1. The molecule has 0 aliphatic carbocycles. The van der Waals surface area contributed by atoms with Gasteiger partial charge in [0.2, 0.25) is 0 Å². The second-order valence-electron chi connectivity index (χ2n) is 12.9. The van der Waals surface area contributed by atoms with Gasteiger partial charge in [-0.25, -0.2) is 0 Å². The zero-order chi connectivity index (χ0) is 33.0. The lowest BCUT2D eigenvalue weighted by atomic mass is 9.92. The van der Waals surface area contributed by atoms with Crippen LogP contribution in [0.2, 0.25) is 0 Å². The molecule has 2 heteroatoms. The lowest BCUT2D eigenvalue weighted by molar-refractivity contribution is 0.669. The Labute approximate surface area is 290 Å². The van der Waals surface area contributed by atoms with Crippen LogP contribution in [0, 0.1) is 0 Å². The van der Waals surface area contributed by atoms with Crippen molar-refractivity contribution in [3.05, 3.63) is 188 Å². The molecule has 234 valence electrons. The van der Waals surface area contributed by atoms with Gasteiger partial charge in [-0.05, 0) is 85.6 Å². The van der Waals surface area contributed by atoms with E-state index in [-0.39, 0.29) is 0 Å². The fraction of sp³-hybridized carbons (Fsp3) is 0. The molecule has 0 amide bonds. The van der Waals surface area contributed by atoms with Gasteiger partial charge in [0.15, 0.2) is 0 Å². The molecular formula is C48H31NO. The summed E-state index contributed by atoms with van der Waals surface area (Å²) in [6, 6.07) is 67.6. The van der Waals surface area contributed by atoms with Crippen molar-refractivity contribution < 1.29 is 4.42 Å². The minimum atomic E-state index is 0.869. The number of fused-ring (bicyclic) bond motifs is 8. The number of rotatable bonds is 5. The van der Waals surface area contributed by atoms with E-state index in [4.69, 9.17) is 4.42 Å². The van der Waals surface area contributed by atoms with Gasteiger partial charge in [0.05, 0.1) is 5.69 Å². The number of anilines is 3. The lowest BCUT2D eigenvalue weighted by Gasteiger charge is -2.29. The molecule has 9 aromatic carbocycles. The van der Waals surface area contributed by atoms with E-state index < -0.39 is 0 Å². The molecule has 0 atom stereocenters. The normalized spacial score (nSPS) is 11.6. The van der Waals surface area contributed by atoms with E-state index in [0.29, 0.717) is 0 Å². The molecule has 1 aromatic heterocycles. The third kappa shape index (κ3) is 4.57. The van der Waals surface area contributed by atoms with Crippen molar-refractivity contribution in [1.29, 1.82) is 0 Å². The minimum absolute atomic E-state index is 0.869. The standard InChI is InChI=1S/C48H31NO/c1-3-13-32(14-4-1)38-27-25-36(30-44(38)33-15-5-2-6-16-33)49(37-26-28-42-41-20-11-12-22-46(41)50-47(42)31-37)45-29-35-24-23-34-17-7-8-18-39(34)48(35)43-21-10-9-19-40(43)45/h1-31H. The summed E-state index contributed by atoms with van der Waals surface area (Å²) in [7, 11) is 0. The highest BCUT2D eigenvalue weighted by molar-refractivity contribution is 6.23. The van der Waals surface area contributed by atoms with Gasteiger partial charge in [0.1, 0.15) is 11.2 Å². The predicted octanol–water partition coefficient (Wildman–Crippen LogP) is 13.8. The smallest absolute Gasteiger partial charge is 0.137 e. The van der Waals surface area contributed by atoms with Gasteiger partial charge in [0, 0.05) is 33.6 Å². The maximum absolute atomic E-state index is 6.46. The first-order valence-electron chi connectivity index (χ1n) is 17.1. The van der Waals surface area contributed by atoms with Crippen LogP contribution >= 0.6 is 0 Å². The van der Waals surface area contributed by atoms with Gasteiger partial charge < -0.3 is 9.32 Å². The maximum atomic E-state index is 6.46. The average molecular weight is 638 g/mol. The van der Waals surface area contributed by atoms with Crippen molar-refractivity contribution in [2.24, 2.45) is 0 Å². The predicted molar refractivity (Wildman–Crippen MR) is 212 cm³/mol. The van der Waals surface area contributed by atoms with Crippen molar-refractivity contribution in [2.45, 2.75) is 0 Å². The van der Waals surface area contributed by atoms with E-state index in [1.807, 2.05) is 12.1 Å².